The summed E-state index contributed by atoms with van der Waals surface area (Å²) in [6, 6.07) is 12.7. The van der Waals surface area contributed by atoms with Gasteiger partial charge in [-0.1, -0.05) is 47.7 Å². The molecule has 1 aliphatic rings. The van der Waals surface area contributed by atoms with Crippen LogP contribution < -0.4 is 15.8 Å². The Balaban J connectivity index is 1.46. The van der Waals surface area contributed by atoms with E-state index in [1.807, 2.05) is 35.2 Å². The Kier molecular flexibility index (Phi) is 5.82. The average Bonchev–Trinajstić information content (AvgIpc) is 3.48. The summed E-state index contributed by atoms with van der Waals surface area (Å²) in [5.41, 5.74) is 0.243. The van der Waals surface area contributed by atoms with Crippen LogP contribution in [0.15, 0.2) is 53.3 Å². The van der Waals surface area contributed by atoms with Crippen molar-refractivity contribution in [3.8, 4) is 11.4 Å². The topological polar surface area (TPSA) is 80.1 Å². The van der Waals surface area contributed by atoms with Crippen LogP contribution in [-0.2, 0) is 18.4 Å². The number of benzene rings is 2. The third-order valence-electron chi connectivity index (χ3n) is 5.93. The number of carbonyl (C=O) groups excluding carboxylic acids is 1. The molecular weight excluding hydrogens is 460 g/mol. The van der Waals surface area contributed by atoms with Gasteiger partial charge in [-0.3, -0.25) is 14.2 Å². The molecule has 1 atom stereocenters. The molecule has 5 rings (SSSR count). The predicted molar refractivity (Wildman–Crippen MR) is 127 cm³/mol. The second kappa shape index (κ2) is 8.94. The molecule has 0 radical (unpaired) electrons. The first-order chi connectivity index (χ1) is 16.4. The fourth-order valence-corrected chi connectivity index (χ4v) is 5.18. The largest absolute Gasteiger partial charge is 0.350 e. The van der Waals surface area contributed by atoms with Gasteiger partial charge in [0.25, 0.3) is 5.56 Å². The maximum atomic E-state index is 14.4. The summed E-state index contributed by atoms with van der Waals surface area (Å²) >= 11 is 1.14. The summed E-state index contributed by atoms with van der Waals surface area (Å²) in [6.07, 6.45) is 1.46. The molecule has 1 saturated heterocycles. The summed E-state index contributed by atoms with van der Waals surface area (Å²) in [7, 11) is 1.41. The molecule has 1 aliphatic heterocycles. The van der Waals surface area contributed by atoms with E-state index in [9.17, 15) is 18.4 Å². The van der Waals surface area contributed by atoms with E-state index in [-0.39, 0.29) is 27.6 Å². The van der Waals surface area contributed by atoms with Crippen molar-refractivity contribution in [1.82, 2.24) is 19.9 Å². The summed E-state index contributed by atoms with van der Waals surface area (Å²) < 4.78 is 29.8. The number of halogens is 2. The second-order valence-electron chi connectivity index (χ2n) is 8.10. The molecule has 7 nitrogen and oxygen atoms in total. The average molecular weight is 482 g/mol. The third kappa shape index (κ3) is 3.94. The molecule has 34 heavy (non-hydrogen) atoms. The minimum atomic E-state index is -0.804. The molecule has 2 aromatic heterocycles. The molecule has 0 bridgehead atoms. The molecule has 0 saturated carbocycles. The molecule has 1 unspecified atom stereocenters. The lowest BCUT2D eigenvalue weighted by Crippen LogP contribution is -2.43. The fourth-order valence-electron chi connectivity index (χ4n) is 4.17. The van der Waals surface area contributed by atoms with Crippen LogP contribution in [0.5, 0.6) is 0 Å². The minimum absolute atomic E-state index is 0.109. The van der Waals surface area contributed by atoms with Gasteiger partial charge in [0.1, 0.15) is 23.5 Å². The molecule has 1 N–H and O–H groups in total. The Labute approximate surface area is 197 Å². The van der Waals surface area contributed by atoms with Crippen molar-refractivity contribution in [2.24, 2.45) is 7.05 Å². The van der Waals surface area contributed by atoms with E-state index >= 15 is 0 Å². The molecule has 1 fully saturated rings. The van der Waals surface area contributed by atoms with E-state index in [0.717, 1.165) is 40.0 Å². The normalized spacial score (nSPS) is 15.7. The Morgan fingerprint density at radius 1 is 1.12 bits per heavy atom. The van der Waals surface area contributed by atoms with Gasteiger partial charge in [-0.25, -0.2) is 18.7 Å². The zero-order valence-electron chi connectivity index (χ0n) is 18.3. The Morgan fingerprint density at radius 3 is 2.59 bits per heavy atom. The van der Waals surface area contributed by atoms with Crippen molar-refractivity contribution >= 4 is 32.7 Å². The van der Waals surface area contributed by atoms with Gasteiger partial charge in [-0.05, 0) is 30.5 Å². The monoisotopic (exact) mass is 481 g/mol. The van der Waals surface area contributed by atoms with Crippen LogP contribution in [0, 0.1) is 11.6 Å². The van der Waals surface area contributed by atoms with Crippen molar-refractivity contribution in [1.29, 1.82) is 0 Å². The van der Waals surface area contributed by atoms with Crippen LogP contribution in [0.25, 0.3) is 21.7 Å². The number of anilines is 1. The van der Waals surface area contributed by atoms with Gasteiger partial charge in [0.05, 0.1) is 5.56 Å². The van der Waals surface area contributed by atoms with Crippen LogP contribution >= 0.6 is 11.3 Å². The molecule has 10 heteroatoms. The Hall–Kier alpha value is -3.66. The number of hydrogen-bond acceptors (Lipinski definition) is 6. The Bertz CT molecular complexity index is 1420. The van der Waals surface area contributed by atoms with Crippen LogP contribution in [0.2, 0.25) is 0 Å². The van der Waals surface area contributed by atoms with Gasteiger partial charge >= 0.3 is 0 Å². The standard InChI is InChI=1S/C24H21F2N5O2S/c1-30-20(18-15(25)9-5-10-16(18)26)29-22-19(23(30)33)28-24(34-22)31-12-6-11-17(31)21(32)27-13-14-7-3-2-4-8-14/h2-5,7-10,17H,6,11-13H2,1H3,(H,27,32). The summed E-state index contributed by atoms with van der Waals surface area (Å²) in [5.74, 6) is -1.83. The molecule has 4 aromatic rings. The molecule has 0 spiro atoms. The van der Waals surface area contributed by atoms with Crippen LogP contribution in [0.3, 0.4) is 0 Å². The molecule has 1 amide bonds. The van der Waals surface area contributed by atoms with E-state index < -0.39 is 23.2 Å². The minimum Gasteiger partial charge on any atom is -0.350 e. The van der Waals surface area contributed by atoms with E-state index in [1.165, 1.54) is 13.1 Å². The first kappa shape index (κ1) is 22.1. The summed E-state index contributed by atoms with van der Waals surface area (Å²) in [5, 5.41) is 3.46. The number of hydrogen-bond donors (Lipinski definition) is 1. The molecule has 174 valence electrons. The van der Waals surface area contributed by atoms with Crippen molar-refractivity contribution in [2.75, 3.05) is 11.4 Å². The van der Waals surface area contributed by atoms with Crippen LogP contribution in [0.1, 0.15) is 18.4 Å². The number of amides is 1. The number of fused-ring (bicyclic) bond motifs is 1. The van der Waals surface area contributed by atoms with Gasteiger partial charge in [-0.15, -0.1) is 0 Å². The lowest BCUT2D eigenvalue weighted by atomic mass is 10.2. The van der Waals surface area contributed by atoms with Crippen molar-refractivity contribution in [3.05, 3.63) is 76.1 Å². The SMILES string of the molecule is Cn1c(-c2c(F)cccc2F)nc2sc(N3CCCC3C(=O)NCc3ccccc3)nc2c1=O. The van der Waals surface area contributed by atoms with Crippen LogP contribution in [0.4, 0.5) is 13.9 Å². The number of nitrogens with zero attached hydrogens (tertiary/aromatic N) is 4. The second-order valence-corrected chi connectivity index (χ2v) is 9.06. The third-order valence-corrected chi connectivity index (χ3v) is 6.91. The number of aromatic nitrogens is 3. The van der Waals surface area contributed by atoms with Gasteiger partial charge < -0.3 is 10.2 Å². The highest BCUT2D eigenvalue weighted by Gasteiger charge is 2.33. The van der Waals surface area contributed by atoms with E-state index in [0.29, 0.717) is 24.6 Å². The predicted octanol–water partition coefficient (Wildman–Crippen LogP) is 3.62. The maximum absolute atomic E-state index is 14.4. The van der Waals surface area contributed by atoms with Gasteiger partial charge in [0.2, 0.25) is 5.91 Å². The first-order valence-electron chi connectivity index (χ1n) is 10.8. The highest BCUT2D eigenvalue weighted by Crippen LogP contribution is 2.33. The number of nitrogens with one attached hydrogen (secondary N) is 1. The van der Waals surface area contributed by atoms with Crippen LogP contribution in [-0.4, -0.2) is 33.0 Å². The smallest absolute Gasteiger partial charge is 0.281 e. The van der Waals surface area contributed by atoms with E-state index in [4.69, 9.17) is 0 Å². The Morgan fingerprint density at radius 2 is 1.85 bits per heavy atom. The summed E-state index contributed by atoms with van der Waals surface area (Å²) in [4.78, 5) is 36.9. The molecule has 0 aliphatic carbocycles. The molecule has 3 heterocycles. The first-order valence-corrected chi connectivity index (χ1v) is 11.7. The highest BCUT2D eigenvalue weighted by atomic mass is 32.1. The maximum Gasteiger partial charge on any atom is 0.281 e. The van der Waals surface area contributed by atoms with Gasteiger partial charge in [0, 0.05) is 20.1 Å². The number of carbonyl (C=O) groups is 1. The lowest BCUT2D eigenvalue weighted by molar-refractivity contribution is -0.122. The van der Waals surface area contributed by atoms with E-state index in [1.54, 1.807) is 0 Å². The molecule has 2 aromatic carbocycles. The lowest BCUT2D eigenvalue weighted by Gasteiger charge is -2.23. The zero-order valence-corrected chi connectivity index (χ0v) is 19.1. The van der Waals surface area contributed by atoms with Crippen molar-refractivity contribution < 1.29 is 13.6 Å². The number of rotatable bonds is 5. The highest BCUT2D eigenvalue weighted by molar-refractivity contribution is 7.21. The van der Waals surface area contributed by atoms with Crippen molar-refractivity contribution in [2.45, 2.75) is 25.4 Å². The van der Waals surface area contributed by atoms with Gasteiger partial charge in [0.15, 0.2) is 15.5 Å². The van der Waals surface area contributed by atoms with E-state index in [2.05, 4.69) is 15.3 Å². The summed E-state index contributed by atoms with van der Waals surface area (Å²) in [6.45, 7) is 1.03. The van der Waals surface area contributed by atoms with Crippen molar-refractivity contribution in [3.63, 3.8) is 0 Å². The molecular formula is C24H21F2N5O2S. The fraction of sp³-hybridized carbons (Fsp3) is 0.250. The number of thiazole rings is 1. The zero-order chi connectivity index (χ0) is 23.8. The van der Waals surface area contributed by atoms with Gasteiger partial charge in [-0.2, -0.15) is 0 Å². The quantitative estimate of drug-likeness (QED) is 0.471.